The highest BCUT2D eigenvalue weighted by Crippen LogP contribution is 2.17. The second-order valence-electron chi connectivity index (χ2n) is 5.77. The Kier molecular flexibility index (Phi) is 7.61. The zero-order valence-electron chi connectivity index (χ0n) is 15.4. The number of rotatable bonds is 9. The molecule has 7 heteroatoms. The van der Waals surface area contributed by atoms with E-state index in [0.717, 1.165) is 5.75 Å². The van der Waals surface area contributed by atoms with Gasteiger partial charge in [-0.2, -0.15) is 0 Å². The molecule has 0 fully saturated rings. The minimum atomic E-state index is -0.432. The third kappa shape index (κ3) is 6.62. The van der Waals surface area contributed by atoms with Crippen LogP contribution in [0.4, 0.5) is 10.1 Å². The van der Waals surface area contributed by atoms with Crippen molar-refractivity contribution in [3.05, 3.63) is 54.3 Å². The topological polar surface area (TPSA) is 67.9 Å². The lowest BCUT2D eigenvalue weighted by atomic mass is 10.2. The number of methoxy groups -OCH3 is 1. The molecule has 1 N–H and O–H groups in total. The Labute approximate surface area is 157 Å². The van der Waals surface area contributed by atoms with E-state index in [1.807, 2.05) is 0 Å². The van der Waals surface area contributed by atoms with Gasteiger partial charge in [0.1, 0.15) is 23.9 Å². The normalized spacial score (nSPS) is 10.2. The van der Waals surface area contributed by atoms with E-state index in [1.165, 1.54) is 30.0 Å². The number of hydrogen-bond donors (Lipinski definition) is 1. The molecule has 0 heterocycles. The standard InChI is InChI=1S/C20H23FN2O4/c1-15(24)23(17-5-3-4-16(21)14-17)12-10-20(25)22-11-13-27-19-8-6-18(26-2)7-9-19/h3-9,14H,10-13H2,1-2H3,(H,22,25). The fraction of sp³-hybridized carbons (Fsp3) is 0.300. The molecule has 0 aliphatic carbocycles. The third-order valence-corrected chi connectivity index (χ3v) is 3.81. The van der Waals surface area contributed by atoms with Crippen molar-refractivity contribution >= 4 is 17.5 Å². The van der Waals surface area contributed by atoms with Crippen LogP contribution in [0, 0.1) is 5.82 Å². The molecule has 0 aromatic heterocycles. The summed E-state index contributed by atoms with van der Waals surface area (Å²) in [5.41, 5.74) is 0.429. The van der Waals surface area contributed by atoms with Crippen molar-refractivity contribution in [2.24, 2.45) is 0 Å². The summed E-state index contributed by atoms with van der Waals surface area (Å²) in [4.78, 5) is 25.1. The van der Waals surface area contributed by atoms with Gasteiger partial charge < -0.3 is 19.7 Å². The average Bonchev–Trinajstić information content (AvgIpc) is 2.65. The molecule has 0 saturated carbocycles. The third-order valence-electron chi connectivity index (χ3n) is 3.81. The lowest BCUT2D eigenvalue weighted by molar-refractivity contribution is -0.121. The van der Waals surface area contributed by atoms with Crippen molar-refractivity contribution in [2.45, 2.75) is 13.3 Å². The molecule has 0 aliphatic rings. The Hall–Kier alpha value is -3.09. The van der Waals surface area contributed by atoms with Gasteiger partial charge in [-0.25, -0.2) is 4.39 Å². The zero-order chi connectivity index (χ0) is 19.6. The molecule has 0 unspecified atom stereocenters. The van der Waals surface area contributed by atoms with E-state index < -0.39 is 5.82 Å². The quantitative estimate of drug-likeness (QED) is 0.686. The molecule has 2 aromatic rings. The van der Waals surface area contributed by atoms with E-state index >= 15 is 0 Å². The van der Waals surface area contributed by atoms with E-state index in [1.54, 1.807) is 37.4 Å². The number of nitrogens with zero attached hydrogens (tertiary/aromatic N) is 1. The van der Waals surface area contributed by atoms with E-state index in [0.29, 0.717) is 24.6 Å². The van der Waals surface area contributed by atoms with E-state index in [2.05, 4.69) is 5.32 Å². The highest BCUT2D eigenvalue weighted by atomic mass is 19.1. The summed E-state index contributed by atoms with van der Waals surface area (Å²) in [6, 6.07) is 12.9. The van der Waals surface area contributed by atoms with E-state index in [9.17, 15) is 14.0 Å². The number of carbonyl (C=O) groups is 2. The summed E-state index contributed by atoms with van der Waals surface area (Å²) in [6.07, 6.45) is 0.110. The smallest absolute Gasteiger partial charge is 0.223 e. The van der Waals surface area contributed by atoms with Gasteiger partial charge in [-0.1, -0.05) is 6.07 Å². The highest BCUT2D eigenvalue weighted by molar-refractivity contribution is 5.92. The molecule has 0 radical (unpaired) electrons. The van der Waals surface area contributed by atoms with Crippen molar-refractivity contribution in [3.8, 4) is 11.5 Å². The summed E-state index contributed by atoms with van der Waals surface area (Å²) in [6.45, 7) is 2.21. The van der Waals surface area contributed by atoms with Crippen LogP contribution in [0.1, 0.15) is 13.3 Å². The van der Waals surface area contributed by atoms with Gasteiger partial charge in [-0.05, 0) is 42.5 Å². The monoisotopic (exact) mass is 374 g/mol. The number of carbonyl (C=O) groups excluding carboxylic acids is 2. The molecule has 0 bridgehead atoms. The molecule has 2 rings (SSSR count). The van der Waals surface area contributed by atoms with Crippen LogP contribution in [0.2, 0.25) is 0 Å². The van der Waals surface area contributed by atoms with Crippen LogP contribution in [0.3, 0.4) is 0 Å². The van der Waals surface area contributed by atoms with Gasteiger partial charge in [0, 0.05) is 25.6 Å². The van der Waals surface area contributed by atoms with Crippen LogP contribution in [-0.2, 0) is 9.59 Å². The van der Waals surface area contributed by atoms with Gasteiger partial charge in [0.25, 0.3) is 0 Å². The molecule has 0 aliphatic heterocycles. The number of nitrogens with one attached hydrogen (secondary N) is 1. The Morgan fingerprint density at radius 3 is 2.44 bits per heavy atom. The average molecular weight is 374 g/mol. The number of hydrogen-bond acceptors (Lipinski definition) is 4. The molecule has 2 amide bonds. The molecular weight excluding hydrogens is 351 g/mol. The molecule has 0 saturated heterocycles. The van der Waals surface area contributed by atoms with Crippen molar-refractivity contribution in [1.29, 1.82) is 0 Å². The summed E-state index contributed by atoms with van der Waals surface area (Å²) in [7, 11) is 1.59. The first-order valence-electron chi connectivity index (χ1n) is 8.57. The molecule has 6 nitrogen and oxygen atoms in total. The van der Waals surface area contributed by atoms with Crippen LogP contribution in [0.5, 0.6) is 11.5 Å². The Balaban J connectivity index is 1.73. The fourth-order valence-electron chi connectivity index (χ4n) is 2.45. The number of amides is 2. The summed E-state index contributed by atoms with van der Waals surface area (Å²) in [5, 5.41) is 2.73. The molecule has 27 heavy (non-hydrogen) atoms. The maximum Gasteiger partial charge on any atom is 0.223 e. The predicted molar refractivity (Wildman–Crippen MR) is 101 cm³/mol. The Bertz CT molecular complexity index is 765. The number of halogens is 1. The second kappa shape index (κ2) is 10.2. The first-order valence-corrected chi connectivity index (χ1v) is 8.57. The second-order valence-corrected chi connectivity index (χ2v) is 5.77. The SMILES string of the molecule is COc1ccc(OCCNC(=O)CCN(C(C)=O)c2cccc(F)c2)cc1. The molecule has 0 spiro atoms. The van der Waals surface area contributed by atoms with Crippen molar-refractivity contribution in [3.63, 3.8) is 0 Å². The lowest BCUT2D eigenvalue weighted by Gasteiger charge is -2.21. The number of anilines is 1. The summed E-state index contributed by atoms with van der Waals surface area (Å²) < 4.78 is 23.9. The molecule has 0 atom stereocenters. The Morgan fingerprint density at radius 2 is 1.81 bits per heavy atom. The van der Waals surface area contributed by atoms with Gasteiger partial charge in [0.05, 0.1) is 13.7 Å². The lowest BCUT2D eigenvalue weighted by Crippen LogP contribution is -2.35. The van der Waals surface area contributed by atoms with Crippen molar-refractivity contribution < 1.29 is 23.5 Å². The van der Waals surface area contributed by atoms with E-state index in [-0.39, 0.29) is 24.8 Å². The van der Waals surface area contributed by atoms with Crippen molar-refractivity contribution in [2.75, 3.05) is 31.7 Å². The van der Waals surface area contributed by atoms with Crippen LogP contribution in [-0.4, -0.2) is 38.6 Å². The molecule has 2 aromatic carbocycles. The maximum atomic E-state index is 13.3. The van der Waals surface area contributed by atoms with Crippen molar-refractivity contribution in [1.82, 2.24) is 5.32 Å². The maximum absolute atomic E-state index is 13.3. The van der Waals surface area contributed by atoms with Crippen LogP contribution in [0.25, 0.3) is 0 Å². The first kappa shape index (κ1) is 20.2. The van der Waals surface area contributed by atoms with Gasteiger partial charge in [-0.3, -0.25) is 9.59 Å². The molecular formula is C20H23FN2O4. The van der Waals surface area contributed by atoms with Crippen LogP contribution in [0.15, 0.2) is 48.5 Å². The minimum absolute atomic E-state index is 0.110. The van der Waals surface area contributed by atoms with Gasteiger partial charge in [0.15, 0.2) is 0 Å². The minimum Gasteiger partial charge on any atom is -0.497 e. The summed E-state index contributed by atoms with van der Waals surface area (Å²) in [5.74, 6) is 0.522. The largest absolute Gasteiger partial charge is 0.497 e. The van der Waals surface area contributed by atoms with Gasteiger partial charge in [0.2, 0.25) is 11.8 Å². The number of ether oxygens (including phenoxy) is 2. The van der Waals surface area contributed by atoms with E-state index in [4.69, 9.17) is 9.47 Å². The van der Waals surface area contributed by atoms with Gasteiger partial charge >= 0.3 is 0 Å². The fourth-order valence-corrected chi connectivity index (χ4v) is 2.45. The van der Waals surface area contributed by atoms with Crippen LogP contribution < -0.4 is 19.7 Å². The van der Waals surface area contributed by atoms with Crippen LogP contribution >= 0.6 is 0 Å². The molecule has 144 valence electrons. The predicted octanol–water partition coefficient (Wildman–Crippen LogP) is 2.77. The zero-order valence-corrected chi connectivity index (χ0v) is 15.4. The Morgan fingerprint density at radius 1 is 1.11 bits per heavy atom. The highest BCUT2D eigenvalue weighted by Gasteiger charge is 2.13. The van der Waals surface area contributed by atoms with Gasteiger partial charge in [-0.15, -0.1) is 0 Å². The summed E-state index contributed by atoms with van der Waals surface area (Å²) >= 11 is 0. The number of benzene rings is 2. The first-order chi connectivity index (χ1) is 13.0.